The molecule has 8 nitrogen and oxygen atoms in total. The molecule has 3 heterocycles. The molecule has 0 bridgehead atoms. The number of benzene rings is 2. The number of nitro benzene ring substituents is 1. The van der Waals surface area contributed by atoms with Crippen molar-refractivity contribution in [2.45, 2.75) is 26.1 Å². The lowest BCUT2D eigenvalue weighted by Crippen LogP contribution is -2.38. The van der Waals surface area contributed by atoms with Crippen molar-refractivity contribution in [2.24, 2.45) is 0 Å². The molecule has 0 atom stereocenters. The second-order valence-electron chi connectivity index (χ2n) is 7.95. The van der Waals surface area contributed by atoms with Crippen LogP contribution >= 0.6 is 11.6 Å². The number of rotatable bonds is 5. The standard InChI is InChI=1S/C23H20ClN5O3/c24-18-6-4-16(5-7-18)13-27-22-11-25-15-28(22)21-8-9-26(14-20(21)23(27)30)12-17-2-1-3-19(10-17)29(31)32/h1-7,10-11,15H,8-9,12-14H2. The minimum atomic E-state index is -0.389. The molecular formula is C23H20ClN5O3. The van der Waals surface area contributed by atoms with Gasteiger partial charge >= 0.3 is 0 Å². The first kappa shape index (κ1) is 20.4. The summed E-state index contributed by atoms with van der Waals surface area (Å²) in [4.78, 5) is 30.7. The third-order valence-corrected chi connectivity index (χ3v) is 6.12. The number of nitro groups is 1. The average molecular weight is 450 g/mol. The number of hydrogen-bond donors (Lipinski definition) is 0. The van der Waals surface area contributed by atoms with Crippen molar-refractivity contribution in [3.8, 4) is 0 Å². The molecule has 0 saturated heterocycles. The highest BCUT2D eigenvalue weighted by Crippen LogP contribution is 2.22. The Kier molecular flexibility index (Phi) is 5.24. The Morgan fingerprint density at radius 2 is 1.91 bits per heavy atom. The summed E-state index contributed by atoms with van der Waals surface area (Å²) in [5.41, 5.74) is 4.34. The number of imidazole rings is 1. The predicted molar refractivity (Wildman–Crippen MR) is 121 cm³/mol. The first-order valence-corrected chi connectivity index (χ1v) is 10.6. The van der Waals surface area contributed by atoms with E-state index in [1.807, 2.05) is 34.7 Å². The van der Waals surface area contributed by atoms with Crippen LogP contribution in [0.25, 0.3) is 5.65 Å². The summed E-state index contributed by atoms with van der Waals surface area (Å²) in [6, 6.07) is 14.1. The number of hydrogen-bond acceptors (Lipinski definition) is 5. The van der Waals surface area contributed by atoms with Crippen LogP contribution in [0.2, 0.25) is 5.02 Å². The highest BCUT2D eigenvalue weighted by Gasteiger charge is 2.24. The van der Waals surface area contributed by atoms with Gasteiger partial charge < -0.3 is 0 Å². The predicted octanol–water partition coefficient (Wildman–Crippen LogP) is 3.66. The van der Waals surface area contributed by atoms with Crippen LogP contribution in [0, 0.1) is 10.1 Å². The molecule has 1 aliphatic rings. The molecular weight excluding hydrogens is 430 g/mol. The van der Waals surface area contributed by atoms with Crippen molar-refractivity contribution in [3.63, 3.8) is 0 Å². The largest absolute Gasteiger partial charge is 0.294 e. The SMILES string of the molecule is O=c1c2c(n3cncc3n1Cc1ccc(Cl)cc1)CCN(Cc1cccc([N+](=O)[O-])c1)C2. The van der Waals surface area contributed by atoms with Crippen molar-refractivity contribution in [3.05, 3.63) is 109 Å². The van der Waals surface area contributed by atoms with Gasteiger partial charge in [-0.1, -0.05) is 35.9 Å². The molecule has 0 N–H and O–H groups in total. The molecule has 32 heavy (non-hydrogen) atoms. The van der Waals surface area contributed by atoms with E-state index in [-0.39, 0.29) is 16.2 Å². The smallest absolute Gasteiger partial charge is 0.269 e. The van der Waals surface area contributed by atoms with Gasteiger partial charge in [-0.15, -0.1) is 0 Å². The lowest BCUT2D eigenvalue weighted by atomic mass is 10.0. The van der Waals surface area contributed by atoms with Gasteiger partial charge in [0, 0.05) is 48.9 Å². The van der Waals surface area contributed by atoms with Gasteiger partial charge in [-0.05, 0) is 23.3 Å². The highest BCUT2D eigenvalue weighted by molar-refractivity contribution is 6.30. The molecule has 1 aliphatic heterocycles. The fraction of sp³-hybridized carbons (Fsp3) is 0.217. The van der Waals surface area contributed by atoms with Gasteiger partial charge in [0.25, 0.3) is 11.2 Å². The van der Waals surface area contributed by atoms with Crippen molar-refractivity contribution >= 4 is 22.9 Å². The van der Waals surface area contributed by atoms with E-state index < -0.39 is 0 Å². The number of non-ortho nitro benzene ring substituents is 1. The summed E-state index contributed by atoms with van der Waals surface area (Å²) in [5.74, 6) is 0. The first-order valence-electron chi connectivity index (χ1n) is 10.3. The highest BCUT2D eigenvalue weighted by atomic mass is 35.5. The van der Waals surface area contributed by atoms with Crippen LogP contribution < -0.4 is 5.56 Å². The van der Waals surface area contributed by atoms with Gasteiger partial charge in [0.15, 0.2) is 0 Å². The lowest BCUT2D eigenvalue weighted by molar-refractivity contribution is -0.384. The van der Waals surface area contributed by atoms with Crippen LogP contribution in [-0.2, 0) is 26.1 Å². The lowest BCUT2D eigenvalue weighted by Gasteiger charge is -2.29. The van der Waals surface area contributed by atoms with Gasteiger partial charge in [0.1, 0.15) is 12.0 Å². The van der Waals surface area contributed by atoms with Gasteiger partial charge in [-0.3, -0.25) is 28.8 Å². The molecule has 9 heteroatoms. The van der Waals surface area contributed by atoms with E-state index in [1.165, 1.54) is 6.07 Å². The summed E-state index contributed by atoms with van der Waals surface area (Å²) in [7, 11) is 0. The fourth-order valence-corrected chi connectivity index (χ4v) is 4.44. The Morgan fingerprint density at radius 1 is 1.09 bits per heavy atom. The van der Waals surface area contributed by atoms with Crippen LogP contribution in [0.5, 0.6) is 0 Å². The number of fused-ring (bicyclic) bond motifs is 3. The van der Waals surface area contributed by atoms with E-state index >= 15 is 0 Å². The summed E-state index contributed by atoms with van der Waals surface area (Å²) >= 11 is 6.00. The first-order chi connectivity index (χ1) is 15.5. The van der Waals surface area contributed by atoms with Gasteiger partial charge in [0.2, 0.25) is 0 Å². The topological polar surface area (TPSA) is 85.7 Å². The van der Waals surface area contributed by atoms with Crippen LogP contribution in [-0.4, -0.2) is 30.3 Å². The molecule has 4 aromatic rings. The van der Waals surface area contributed by atoms with Crippen LogP contribution in [0.3, 0.4) is 0 Å². The van der Waals surface area contributed by atoms with Gasteiger partial charge in [-0.25, -0.2) is 4.98 Å². The molecule has 162 valence electrons. The summed E-state index contributed by atoms with van der Waals surface area (Å²) < 4.78 is 3.74. The fourth-order valence-electron chi connectivity index (χ4n) is 4.32. The average Bonchev–Trinajstić information content (AvgIpc) is 3.28. The minimum absolute atomic E-state index is 0.0355. The Balaban J connectivity index is 1.49. The van der Waals surface area contributed by atoms with Crippen molar-refractivity contribution < 1.29 is 4.92 Å². The van der Waals surface area contributed by atoms with Crippen LogP contribution in [0.1, 0.15) is 22.4 Å². The zero-order chi connectivity index (χ0) is 22.2. The van der Waals surface area contributed by atoms with E-state index in [9.17, 15) is 14.9 Å². The molecule has 5 rings (SSSR count). The molecule has 0 amide bonds. The zero-order valence-electron chi connectivity index (χ0n) is 17.1. The van der Waals surface area contributed by atoms with Crippen molar-refractivity contribution in [2.75, 3.05) is 6.54 Å². The monoisotopic (exact) mass is 449 g/mol. The van der Waals surface area contributed by atoms with Crippen molar-refractivity contribution in [1.29, 1.82) is 0 Å². The Morgan fingerprint density at radius 3 is 2.69 bits per heavy atom. The molecule has 0 spiro atoms. The molecule has 0 unspecified atom stereocenters. The van der Waals surface area contributed by atoms with Crippen molar-refractivity contribution in [1.82, 2.24) is 18.9 Å². The Bertz CT molecular complexity index is 1380. The van der Waals surface area contributed by atoms with E-state index in [0.29, 0.717) is 31.1 Å². The molecule has 0 saturated carbocycles. The number of aromatic nitrogens is 3. The summed E-state index contributed by atoms with van der Waals surface area (Å²) in [6.45, 7) is 2.19. The zero-order valence-corrected chi connectivity index (χ0v) is 17.9. The quantitative estimate of drug-likeness (QED) is 0.343. The molecule has 0 radical (unpaired) electrons. The second-order valence-corrected chi connectivity index (χ2v) is 8.39. The third kappa shape index (κ3) is 3.79. The molecule has 0 fully saturated rings. The normalized spacial score (nSPS) is 13.9. The van der Waals surface area contributed by atoms with E-state index in [0.717, 1.165) is 34.6 Å². The molecule has 2 aromatic carbocycles. The maximum atomic E-state index is 13.5. The maximum absolute atomic E-state index is 13.5. The Hall–Kier alpha value is -3.49. The third-order valence-electron chi connectivity index (χ3n) is 5.87. The second kappa shape index (κ2) is 8.22. The molecule has 2 aromatic heterocycles. The van der Waals surface area contributed by atoms with Gasteiger partial charge in [-0.2, -0.15) is 0 Å². The van der Waals surface area contributed by atoms with E-state index in [4.69, 9.17) is 11.6 Å². The minimum Gasteiger partial charge on any atom is -0.294 e. The molecule has 0 aliphatic carbocycles. The van der Waals surface area contributed by atoms with E-state index in [1.54, 1.807) is 29.2 Å². The summed E-state index contributed by atoms with van der Waals surface area (Å²) in [5, 5.41) is 11.7. The van der Waals surface area contributed by atoms with Crippen LogP contribution in [0.15, 0.2) is 65.8 Å². The van der Waals surface area contributed by atoms with Gasteiger partial charge in [0.05, 0.1) is 23.2 Å². The summed E-state index contributed by atoms with van der Waals surface area (Å²) in [6.07, 6.45) is 4.17. The maximum Gasteiger partial charge on any atom is 0.269 e. The Labute approximate surface area is 188 Å². The number of nitrogens with zero attached hydrogens (tertiary/aromatic N) is 5. The van der Waals surface area contributed by atoms with Crippen LogP contribution in [0.4, 0.5) is 5.69 Å². The number of halogens is 1. The van der Waals surface area contributed by atoms with E-state index in [2.05, 4.69) is 9.88 Å².